The van der Waals surface area contributed by atoms with Crippen LogP contribution in [0.15, 0.2) is 73.1 Å². The summed E-state index contributed by atoms with van der Waals surface area (Å²) in [6, 6.07) is 19.3. The summed E-state index contributed by atoms with van der Waals surface area (Å²) < 4.78 is 5.98. The van der Waals surface area contributed by atoms with Crippen LogP contribution in [0.5, 0.6) is 11.5 Å². The summed E-state index contributed by atoms with van der Waals surface area (Å²) in [6.45, 7) is 0.545. The highest BCUT2D eigenvalue weighted by atomic mass is 16.5. The Morgan fingerprint density at radius 1 is 0.960 bits per heavy atom. The fourth-order valence-corrected chi connectivity index (χ4v) is 3.24. The van der Waals surface area contributed by atoms with Gasteiger partial charge in [-0.25, -0.2) is 0 Å². The van der Waals surface area contributed by atoms with Crippen LogP contribution in [-0.4, -0.2) is 22.8 Å². The van der Waals surface area contributed by atoms with Crippen molar-refractivity contribution in [1.82, 2.24) is 9.88 Å². The molecule has 4 heteroatoms. The summed E-state index contributed by atoms with van der Waals surface area (Å²) in [5.41, 5.74) is 2.88. The van der Waals surface area contributed by atoms with E-state index in [1.807, 2.05) is 67.7 Å². The standard InChI is InChI=1S/C21H18N2O2/c1-23(14-15-10-12-22-13-11-15)21(24)20-16-6-2-4-8-18(16)25-19-9-5-3-7-17(19)20/h2-13,20H,14H2,1H3. The molecule has 0 unspecified atom stereocenters. The molecule has 0 saturated carbocycles. The second-order valence-electron chi connectivity index (χ2n) is 6.16. The quantitative estimate of drug-likeness (QED) is 0.729. The van der Waals surface area contributed by atoms with E-state index in [0.29, 0.717) is 6.54 Å². The fraction of sp³-hybridized carbons (Fsp3) is 0.143. The van der Waals surface area contributed by atoms with Crippen molar-refractivity contribution in [3.8, 4) is 11.5 Å². The molecule has 1 amide bonds. The Kier molecular flexibility index (Phi) is 3.94. The molecule has 0 radical (unpaired) electrons. The zero-order valence-corrected chi connectivity index (χ0v) is 13.9. The number of likely N-dealkylation sites (N-methyl/N-ethyl adjacent to an activating group) is 1. The molecule has 25 heavy (non-hydrogen) atoms. The minimum absolute atomic E-state index is 0.0556. The lowest BCUT2D eigenvalue weighted by Gasteiger charge is -2.30. The number of fused-ring (bicyclic) bond motifs is 2. The molecular formula is C21H18N2O2. The molecule has 0 N–H and O–H groups in total. The number of carbonyl (C=O) groups is 1. The summed E-state index contributed by atoms with van der Waals surface area (Å²) in [4.78, 5) is 19.1. The lowest BCUT2D eigenvalue weighted by Crippen LogP contribution is -2.33. The molecule has 4 nitrogen and oxygen atoms in total. The first-order valence-electron chi connectivity index (χ1n) is 8.23. The molecule has 1 aromatic heterocycles. The number of nitrogens with zero attached hydrogens (tertiary/aromatic N) is 2. The third-order valence-corrected chi connectivity index (χ3v) is 4.47. The summed E-state index contributed by atoms with van der Waals surface area (Å²) in [5, 5.41) is 0. The maximum Gasteiger partial charge on any atom is 0.234 e. The Labute approximate surface area is 146 Å². The van der Waals surface area contributed by atoms with E-state index in [-0.39, 0.29) is 11.8 Å². The molecule has 2 aromatic carbocycles. The van der Waals surface area contributed by atoms with Crippen molar-refractivity contribution in [2.75, 3.05) is 7.05 Å². The first kappa shape index (κ1) is 15.4. The predicted molar refractivity (Wildman–Crippen MR) is 95.5 cm³/mol. The van der Waals surface area contributed by atoms with E-state index in [1.165, 1.54) is 0 Å². The summed E-state index contributed by atoms with van der Waals surface area (Å²) in [5.74, 6) is 1.20. The van der Waals surface area contributed by atoms with Crippen LogP contribution >= 0.6 is 0 Å². The molecule has 0 aliphatic carbocycles. The fourth-order valence-electron chi connectivity index (χ4n) is 3.24. The van der Waals surface area contributed by atoms with Gasteiger partial charge in [-0.2, -0.15) is 0 Å². The molecule has 1 aliphatic heterocycles. The first-order valence-corrected chi connectivity index (χ1v) is 8.23. The van der Waals surface area contributed by atoms with Gasteiger partial charge in [-0.3, -0.25) is 9.78 Å². The topological polar surface area (TPSA) is 42.4 Å². The van der Waals surface area contributed by atoms with E-state index in [2.05, 4.69) is 4.98 Å². The van der Waals surface area contributed by atoms with Crippen molar-refractivity contribution >= 4 is 5.91 Å². The molecule has 124 valence electrons. The summed E-state index contributed by atoms with van der Waals surface area (Å²) in [6.07, 6.45) is 3.49. The SMILES string of the molecule is CN(Cc1ccncc1)C(=O)C1c2ccccc2Oc2ccccc21. The highest BCUT2D eigenvalue weighted by Crippen LogP contribution is 2.44. The molecule has 4 rings (SSSR count). The first-order chi connectivity index (χ1) is 12.2. The third kappa shape index (κ3) is 2.87. The van der Waals surface area contributed by atoms with Crippen molar-refractivity contribution in [3.05, 3.63) is 89.7 Å². The number of benzene rings is 2. The second kappa shape index (κ2) is 6.40. The van der Waals surface area contributed by atoms with Gasteiger partial charge in [-0.15, -0.1) is 0 Å². The van der Waals surface area contributed by atoms with Crippen LogP contribution in [0.1, 0.15) is 22.6 Å². The van der Waals surface area contributed by atoms with Crippen molar-refractivity contribution in [3.63, 3.8) is 0 Å². The number of amides is 1. The maximum atomic E-state index is 13.3. The van der Waals surface area contributed by atoms with E-state index in [4.69, 9.17) is 4.74 Å². The van der Waals surface area contributed by atoms with Gasteiger partial charge in [0, 0.05) is 37.1 Å². The highest BCUT2D eigenvalue weighted by molar-refractivity contribution is 5.89. The predicted octanol–water partition coefficient (Wildman–Crippen LogP) is 3.98. The Hall–Kier alpha value is -3.14. The normalized spacial score (nSPS) is 12.7. The molecule has 0 saturated heterocycles. The van der Waals surface area contributed by atoms with Gasteiger partial charge >= 0.3 is 0 Å². The van der Waals surface area contributed by atoms with E-state index in [1.54, 1.807) is 17.3 Å². The van der Waals surface area contributed by atoms with E-state index in [9.17, 15) is 4.79 Å². The van der Waals surface area contributed by atoms with Gasteiger partial charge in [-0.1, -0.05) is 36.4 Å². The van der Waals surface area contributed by atoms with Crippen LogP contribution in [0.4, 0.5) is 0 Å². The van der Waals surface area contributed by atoms with Gasteiger partial charge < -0.3 is 9.64 Å². The minimum atomic E-state index is -0.354. The monoisotopic (exact) mass is 330 g/mol. The van der Waals surface area contributed by atoms with E-state index >= 15 is 0 Å². The van der Waals surface area contributed by atoms with Crippen molar-refractivity contribution < 1.29 is 9.53 Å². The van der Waals surface area contributed by atoms with E-state index < -0.39 is 0 Å². The molecule has 0 fully saturated rings. The lowest BCUT2D eigenvalue weighted by atomic mass is 9.87. The van der Waals surface area contributed by atoms with Crippen LogP contribution in [0.25, 0.3) is 0 Å². The number of para-hydroxylation sites is 2. The smallest absolute Gasteiger partial charge is 0.234 e. The Morgan fingerprint density at radius 3 is 2.12 bits per heavy atom. The van der Waals surface area contributed by atoms with Crippen LogP contribution in [0.2, 0.25) is 0 Å². The second-order valence-corrected chi connectivity index (χ2v) is 6.16. The van der Waals surface area contributed by atoms with Crippen molar-refractivity contribution in [1.29, 1.82) is 0 Å². The van der Waals surface area contributed by atoms with Gasteiger partial charge in [0.15, 0.2) is 0 Å². The summed E-state index contributed by atoms with van der Waals surface area (Å²) in [7, 11) is 1.84. The number of pyridine rings is 1. The zero-order chi connectivity index (χ0) is 17.2. The van der Waals surface area contributed by atoms with Crippen LogP contribution in [-0.2, 0) is 11.3 Å². The average molecular weight is 330 g/mol. The van der Waals surface area contributed by atoms with Crippen LogP contribution in [0, 0.1) is 0 Å². The van der Waals surface area contributed by atoms with Crippen molar-refractivity contribution in [2.24, 2.45) is 0 Å². The third-order valence-electron chi connectivity index (χ3n) is 4.47. The number of hydrogen-bond donors (Lipinski definition) is 0. The van der Waals surface area contributed by atoms with Crippen molar-refractivity contribution in [2.45, 2.75) is 12.5 Å². The molecule has 1 aliphatic rings. The van der Waals surface area contributed by atoms with Crippen LogP contribution in [0.3, 0.4) is 0 Å². The van der Waals surface area contributed by atoms with Crippen LogP contribution < -0.4 is 4.74 Å². The number of carbonyl (C=O) groups excluding carboxylic acids is 1. The molecule has 0 spiro atoms. The van der Waals surface area contributed by atoms with Gasteiger partial charge in [0.05, 0.1) is 5.92 Å². The number of hydrogen-bond acceptors (Lipinski definition) is 3. The molecule has 0 atom stereocenters. The molecule has 2 heterocycles. The molecule has 0 bridgehead atoms. The maximum absolute atomic E-state index is 13.3. The molecular weight excluding hydrogens is 312 g/mol. The Morgan fingerprint density at radius 2 is 1.52 bits per heavy atom. The Balaban J connectivity index is 1.70. The average Bonchev–Trinajstić information content (AvgIpc) is 2.66. The molecule has 3 aromatic rings. The summed E-state index contributed by atoms with van der Waals surface area (Å²) >= 11 is 0. The lowest BCUT2D eigenvalue weighted by molar-refractivity contribution is -0.131. The minimum Gasteiger partial charge on any atom is -0.457 e. The largest absolute Gasteiger partial charge is 0.457 e. The number of ether oxygens (including phenoxy) is 1. The number of aromatic nitrogens is 1. The van der Waals surface area contributed by atoms with Gasteiger partial charge in [-0.05, 0) is 29.8 Å². The van der Waals surface area contributed by atoms with Gasteiger partial charge in [0.1, 0.15) is 11.5 Å². The number of rotatable bonds is 3. The Bertz CT molecular complexity index is 863. The zero-order valence-electron chi connectivity index (χ0n) is 13.9. The van der Waals surface area contributed by atoms with Gasteiger partial charge in [0.25, 0.3) is 0 Å². The van der Waals surface area contributed by atoms with Gasteiger partial charge in [0.2, 0.25) is 5.91 Å². The highest BCUT2D eigenvalue weighted by Gasteiger charge is 2.34. The van der Waals surface area contributed by atoms with E-state index in [0.717, 1.165) is 28.2 Å².